The maximum Gasteiger partial charge on any atom is 0.416 e. The molecule has 1 aliphatic rings. The minimum Gasteiger partial charge on any atom is -0.312 e. The van der Waals surface area contributed by atoms with Crippen LogP contribution in [0.5, 0.6) is 0 Å². The maximum absolute atomic E-state index is 12.6. The van der Waals surface area contributed by atoms with Gasteiger partial charge in [0, 0.05) is 19.2 Å². The van der Waals surface area contributed by atoms with E-state index in [9.17, 15) is 18.0 Å². The first kappa shape index (κ1) is 15.6. The Balaban J connectivity index is 1.94. The first-order valence-corrected chi connectivity index (χ1v) is 7.45. The van der Waals surface area contributed by atoms with Crippen molar-refractivity contribution in [1.29, 1.82) is 0 Å². The Morgan fingerprint density at radius 1 is 1.04 bits per heavy atom. The highest BCUT2D eigenvalue weighted by Crippen LogP contribution is 2.34. The van der Waals surface area contributed by atoms with Gasteiger partial charge in [-0.15, -0.1) is 0 Å². The fraction of sp³-hybridized carbons (Fsp3) is 0.278. The second kappa shape index (κ2) is 5.72. The van der Waals surface area contributed by atoms with Gasteiger partial charge in [-0.05, 0) is 53.8 Å². The van der Waals surface area contributed by atoms with Gasteiger partial charge < -0.3 is 4.90 Å². The number of halogens is 3. The first-order valence-electron chi connectivity index (χ1n) is 7.45. The van der Waals surface area contributed by atoms with Gasteiger partial charge in [-0.2, -0.15) is 13.2 Å². The molecular formula is C18H16F3NO. The zero-order chi connectivity index (χ0) is 16.6. The lowest BCUT2D eigenvalue weighted by molar-refractivity contribution is -0.137. The number of carbonyl (C=O) groups excluding carboxylic acids is 1. The van der Waals surface area contributed by atoms with E-state index in [0.717, 1.165) is 47.4 Å². The number of carbonyl (C=O) groups is 1. The van der Waals surface area contributed by atoms with Crippen molar-refractivity contribution in [3.8, 4) is 11.1 Å². The van der Waals surface area contributed by atoms with Crippen molar-refractivity contribution >= 4 is 11.6 Å². The zero-order valence-electron chi connectivity index (χ0n) is 12.7. The Kier molecular flexibility index (Phi) is 3.88. The van der Waals surface area contributed by atoms with E-state index in [0.29, 0.717) is 6.54 Å². The molecule has 0 bridgehead atoms. The molecule has 0 aliphatic carbocycles. The Morgan fingerprint density at radius 3 is 2.30 bits per heavy atom. The van der Waals surface area contributed by atoms with Crippen LogP contribution in [0, 0.1) is 0 Å². The molecule has 0 atom stereocenters. The highest BCUT2D eigenvalue weighted by Gasteiger charge is 2.30. The molecule has 2 aromatic rings. The fourth-order valence-corrected chi connectivity index (χ4v) is 2.96. The van der Waals surface area contributed by atoms with Gasteiger partial charge in [-0.3, -0.25) is 4.79 Å². The number of benzene rings is 2. The van der Waals surface area contributed by atoms with Crippen molar-refractivity contribution in [3.63, 3.8) is 0 Å². The lowest BCUT2D eigenvalue weighted by Crippen LogP contribution is -2.33. The van der Waals surface area contributed by atoms with Crippen molar-refractivity contribution < 1.29 is 18.0 Å². The summed E-state index contributed by atoms with van der Waals surface area (Å²) in [5.41, 5.74) is 2.91. The second-order valence-electron chi connectivity index (χ2n) is 5.69. The van der Waals surface area contributed by atoms with Crippen LogP contribution in [0.25, 0.3) is 11.1 Å². The molecule has 0 saturated heterocycles. The molecular weight excluding hydrogens is 303 g/mol. The van der Waals surface area contributed by atoms with Crippen LogP contribution in [0.2, 0.25) is 0 Å². The average molecular weight is 319 g/mol. The summed E-state index contributed by atoms with van der Waals surface area (Å²) in [5.74, 6) is 0.00762. The topological polar surface area (TPSA) is 20.3 Å². The maximum atomic E-state index is 12.6. The SMILES string of the molecule is CC(=O)N1CCCc2cc(-c3ccc(C(F)(F)F)cc3)ccc21. The normalized spacial score (nSPS) is 14.5. The van der Waals surface area contributed by atoms with Crippen molar-refractivity contribution in [3.05, 3.63) is 53.6 Å². The molecule has 0 saturated carbocycles. The lowest BCUT2D eigenvalue weighted by Gasteiger charge is -2.29. The van der Waals surface area contributed by atoms with Gasteiger partial charge in [0.05, 0.1) is 5.56 Å². The van der Waals surface area contributed by atoms with Crippen LogP contribution >= 0.6 is 0 Å². The molecule has 1 aliphatic heterocycles. The summed E-state index contributed by atoms with van der Waals surface area (Å²) in [6, 6.07) is 10.8. The number of nitrogens with zero attached hydrogens (tertiary/aromatic N) is 1. The first-order chi connectivity index (χ1) is 10.9. The minimum atomic E-state index is -4.32. The van der Waals surface area contributed by atoms with E-state index in [1.165, 1.54) is 12.1 Å². The van der Waals surface area contributed by atoms with Crippen molar-refractivity contribution in [1.82, 2.24) is 0 Å². The predicted molar refractivity (Wildman–Crippen MR) is 83.2 cm³/mol. The largest absolute Gasteiger partial charge is 0.416 e. The number of alkyl halides is 3. The summed E-state index contributed by atoms with van der Waals surface area (Å²) in [4.78, 5) is 13.4. The van der Waals surface area contributed by atoms with Crippen LogP contribution in [0.1, 0.15) is 24.5 Å². The summed E-state index contributed by atoms with van der Waals surface area (Å²) in [6.45, 7) is 2.25. The molecule has 120 valence electrons. The summed E-state index contributed by atoms with van der Waals surface area (Å²) < 4.78 is 37.9. The molecule has 2 aromatic carbocycles. The highest BCUT2D eigenvalue weighted by molar-refractivity contribution is 5.93. The molecule has 23 heavy (non-hydrogen) atoms. The van der Waals surface area contributed by atoms with E-state index in [4.69, 9.17) is 0 Å². The van der Waals surface area contributed by atoms with Crippen molar-refractivity contribution in [2.75, 3.05) is 11.4 Å². The number of fused-ring (bicyclic) bond motifs is 1. The van der Waals surface area contributed by atoms with E-state index in [2.05, 4.69) is 0 Å². The van der Waals surface area contributed by atoms with Gasteiger partial charge in [0.15, 0.2) is 0 Å². The van der Waals surface area contributed by atoms with Crippen LogP contribution in [0.4, 0.5) is 18.9 Å². The van der Waals surface area contributed by atoms with Crippen molar-refractivity contribution in [2.24, 2.45) is 0 Å². The molecule has 0 N–H and O–H groups in total. The van der Waals surface area contributed by atoms with Crippen LogP contribution in [0.15, 0.2) is 42.5 Å². The van der Waals surface area contributed by atoms with E-state index >= 15 is 0 Å². The van der Waals surface area contributed by atoms with Gasteiger partial charge in [0.2, 0.25) is 5.91 Å². The molecule has 5 heteroatoms. The summed E-state index contributed by atoms with van der Waals surface area (Å²) in [6.07, 6.45) is -2.56. The van der Waals surface area contributed by atoms with Crippen LogP contribution in [-0.2, 0) is 17.4 Å². The summed E-state index contributed by atoms with van der Waals surface area (Å²) in [7, 11) is 0. The molecule has 2 nitrogen and oxygen atoms in total. The average Bonchev–Trinajstić information content (AvgIpc) is 2.53. The van der Waals surface area contributed by atoms with E-state index in [-0.39, 0.29) is 5.91 Å². The van der Waals surface area contributed by atoms with Gasteiger partial charge in [-0.1, -0.05) is 18.2 Å². The number of amides is 1. The number of anilines is 1. The Hall–Kier alpha value is -2.30. The lowest BCUT2D eigenvalue weighted by atomic mass is 9.95. The van der Waals surface area contributed by atoms with E-state index in [1.807, 2.05) is 18.2 Å². The van der Waals surface area contributed by atoms with Gasteiger partial charge in [0.1, 0.15) is 0 Å². The number of rotatable bonds is 1. The van der Waals surface area contributed by atoms with Crippen LogP contribution in [-0.4, -0.2) is 12.5 Å². The monoisotopic (exact) mass is 319 g/mol. The Labute approximate surface area is 132 Å². The number of hydrogen-bond acceptors (Lipinski definition) is 1. The summed E-state index contributed by atoms with van der Waals surface area (Å²) >= 11 is 0. The standard InChI is InChI=1S/C18H16F3NO/c1-12(23)22-10-2-3-15-11-14(6-9-17(15)22)13-4-7-16(8-5-13)18(19,20)21/h4-9,11H,2-3,10H2,1H3. The zero-order valence-corrected chi connectivity index (χ0v) is 12.7. The molecule has 0 spiro atoms. The van der Waals surface area contributed by atoms with Crippen molar-refractivity contribution in [2.45, 2.75) is 25.9 Å². The minimum absolute atomic E-state index is 0.00762. The van der Waals surface area contributed by atoms with Gasteiger partial charge >= 0.3 is 6.18 Å². The van der Waals surface area contributed by atoms with Crippen LogP contribution in [0.3, 0.4) is 0 Å². The molecule has 3 rings (SSSR count). The van der Waals surface area contributed by atoms with E-state index < -0.39 is 11.7 Å². The number of hydrogen-bond donors (Lipinski definition) is 0. The van der Waals surface area contributed by atoms with E-state index in [1.54, 1.807) is 11.8 Å². The molecule has 0 aromatic heterocycles. The third-order valence-electron chi connectivity index (χ3n) is 4.12. The fourth-order valence-electron chi connectivity index (χ4n) is 2.96. The molecule has 0 fully saturated rings. The molecule has 1 heterocycles. The Morgan fingerprint density at radius 2 is 1.70 bits per heavy atom. The third-order valence-corrected chi connectivity index (χ3v) is 4.12. The highest BCUT2D eigenvalue weighted by atomic mass is 19.4. The third kappa shape index (κ3) is 3.09. The van der Waals surface area contributed by atoms with Gasteiger partial charge in [0.25, 0.3) is 0 Å². The second-order valence-corrected chi connectivity index (χ2v) is 5.69. The van der Waals surface area contributed by atoms with Gasteiger partial charge in [-0.25, -0.2) is 0 Å². The number of aryl methyl sites for hydroxylation is 1. The smallest absolute Gasteiger partial charge is 0.312 e. The quantitative estimate of drug-likeness (QED) is 0.748. The molecule has 0 radical (unpaired) electrons. The Bertz CT molecular complexity index is 735. The molecule has 0 unspecified atom stereocenters. The molecule has 1 amide bonds. The van der Waals surface area contributed by atoms with Crippen LogP contribution < -0.4 is 4.90 Å². The predicted octanol–water partition coefficient (Wildman–Crippen LogP) is 4.67. The summed E-state index contributed by atoms with van der Waals surface area (Å²) in [5, 5.41) is 0.